The molecule has 1 amide bonds. The number of piperazine rings is 1. The summed E-state index contributed by atoms with van der Waals surface area (Å²) in [6.07, 6.45) is 0. The van der Waals surface area contributed by atoms with Crippen molar-refractivity contribution in [2.24, 2.45) is 0 Å². The van der Waals surface area contributed by atoms with Gasteiger partial charge in [-0.3, -0.25) is 9.69 Å². The van der Waals surface area contributed by atoms with Crippen LogP contribution in [-0.4, -0.2) is 75.3 Å². The Morgan fingerprint density at radius 1 is 0.941 bits per heavy atom. The van der Waals surface area contributed by atoms with Gasteiger partial charge in [0.1, 0.15) is 0 Å². The maximum atomic E-state index is 13.6. The molecule has 1 aliphatic heterocycles. The van der Waals surface area contributed by atoms with Gasteiger partial charge in [-0.15, -0.1) is 5.10 Å². The zero-order chi connectivity index (χ0) is 24.1. The second kappa shape index (κ2) is 10.6. The summed E-state index contributed by atoms with van der Waals surface area (Å²) in [7, 11) is 0. The lowest BCUT2D eigenvalue weighted by Crippen LogP contribution is -2.48. The zero-order valence-electron chi connectivity index (χ0n) is 19.1. The van der Waals surface area contributed by atoms with Gasteiger partial charge >= 0.3 is 0 Å². The van der Waals surface area contributed by atoms with E-state index < -0.39 is 11.6 Å². The van der Waals surface area contributed by atoms with Crippen molar-refractivity contribution < 1.29 is 23.0 Å². The standard InChI is InChI=1S/C23H26F2N6O3/c1-3-33-20-8-5-16(13-21(20)34-4-2)23(32)30-11-9-29(10-12-30)15-22-26-27-28-31(22)17-6-7-18(24)19(25)14-17/h5-8,13-14H,3-4,9-12,15H2,1-2H3. The summed E-state index contributed by atoms with van der Waals surface area (Å²) < 4.78 is 39.5. The molecule has 4 rings (SSSR count). The molecular formula is C23H26F2N6O3. The summed E-state index contributed by atoms with van der Waals surface area (Å²) in [5.74, 6) is -0.302. The number of benzene rings is 2. The largest absolute Gasteiger partial charge is 0.490 e. The molecule has 1 aliphatic rings. The SMILES string of the molecule is CCOc1ccc(C(=O)N2CCN(Cc3nnnn3-c3ccc(F)c(F)c3)CC2)cc1OCC. The fraction of sp³-hybridized carbons (Fsp3) is 0.391. The van der Waals surface area contributed by atoms with Crippen LogP contribution in [0.5, 0.6) is 11.5 Å². The lowest BCUT2D eigenvalue weighted by atomic mass is 10.1. The van der Waals surface area contributed by atoms with E-state index in [4.69, 9.17) is 9.47 Å². The predicted octanol–water partition coefficient (Wildman–Crippen LogP) is 2.70. The van der Waals surface area contributed by atoms with Crippen molar-refractivity contribution in [2.75, 3.05) is 39.4 Å². The molecule has 2 heterocycles. The summed E-state index contributed by atoms with van der Waals surface area (Å²) in [5, 5.41) is 11.6. The van der Waals surface area contributed by atoms with Crippen LogP contribution in [0.25, 0.3) is 5.69 Å². The zero-order valence-corrected chi connectivity index (χ0v) is 19.1. The molecule has 0 aliphatic carbocycles. The molecule has 1 fully saturated rings. The van der Waals surface area contributed by atoms with Gasteiger partial charge in [0.25, 0.3) is 5.91 Å². The van der Waals surface area contributed by atoms with Crippen LogP contribution in [0.1, 0.15) is 30.0 Å². The number of tetrazole rings is 1. The molecule has 2 aromatic carbocycles. The highest BCUT2D eigenvalue weighted by atomic mass is 19.2. The van der Waals surface area contributed by atoms with Crippen LogP contribution in [0.2, 0.25) is 0 Å². The van der Waals surface area contributed by atoms with Crippen LogP contribution >= 0.6 is 0 Å². The van der Waals surface area contributed by atoms with E-state index in [1.54, 1.807) is 23.1 Å². The van der Waals surface area contributed by atoms with Crippen LogP contribution < -0.4 is 9.47 Å². The van der Waals surface area contributed by atoms with E-state index in [9.17, 15) is 13.6 Å². The Labute approximate surface area is 195 Å². The Morgan fingerprint density at radius 3 is 2.38 bits per heavy atom. The molecule has 0 unspecified atom stereocenters. The number of hydrogen-bond donors (Lipinski definition) is 0. The number of rotatable bonds is 8. The molecule has 0 bridgehead atoms. The van der Waals surface area contributed by atoms with Crippen LogP contribution in [0.15, 0.2) is 36.4 Å². The quantitative estimate of drug-likeness (QED) is 0.498. The first-order valence-corrected chi connectivity index (χ1v) is 11.1. The third-order valence-corrected chi connectivity index (χ3v) is 5.50. The third kappa shape index (κ3) is 5.14. The smallest absolute Gasteiger partial charge is 0.254 e. The first-order valence-electron chi connectivity index (χ1n) is 11.1. The Balaban J connectivity index is 1.39. The van der Waals surface area contributed by atoms with Crippen LogP contribution in [0.4, 0.5) is 8.78 Å². The first-order chi connectivity index (χ1) is 16.5. The number of hydrogen-bond acceptors (Lipinski definition) is 7. The summed E-state index contributed by atoms with van der Waals surface area (Å²) >= 11 is 0. The average molecular weight is 472 g/mol. The van der Waals surface area contributed by atoms with Gasteiger partial charge < -0.3 is 14.4 Å². The van der Waals surface area contributed by atoms with Crippen LogP contribution in [0.3, 0.4) is 0 Å². The first kappa shape index (κ1) is 23.6. The third-order valence-electron chi connectivity index (χ3n) is 5.50. The molecule has 34 heavy (non-hydrogen) atoms. The van der Waals surface area contributed by atoms with Crippen LogP contribution in [0, 0.1) is 11.6 Å². The lowest BCUT2D eigenvalue weighted by molar-refractivity contribution is 0.0624. The summed E-state index contributed by atoms with van der Waals surface area (Å²) in [4.78, 5) is 17.0. The highest BCUT2D eigenvalue weighted by Crippen LogP contribution is 2.29. The number of carbonyl (C=O) groups is 1. The molecule has 0 radical (unpaired) electrons. The Hall–Kier alpha value is -3.60. The van der Waals surface area contributed by atoms with Gasteiger partial charge in [-0.25, -0.2) is 8.78 Å². The highest BCUT2D eigenvalue weighted by molar-refractivity contribution is 5.95. The van der Waals surface area contributed by atoms with E-state index in [0.29, 0.717) is 74.5 Å². The van der Waals surface area contributed by atoms with E-state index in [2.05, 4.69) is 20.4 Å². The Bertz CT molecular complexity index is 1150. The number of carbonyl (C=O) groups excluding carboxylic acids is 1. The minimum absolute atomic E-state index is 0.0738. The average Bonchev–Trinajstić information content (AvgIpc) is 3.30. The van der Waals surface area contributed by atoms with Crippen molar-refractivity contribution >= 4 is 5.91 Å². The highest BCUT2D eigenvalue weighted by Gasteiger charge is 2.24. The van der Waals surface area contributed by atoms with Crippen molar-refractivity contribution in [3.8, 4) is 17.2 Å². The molecule has 1 saturated heterocycles. The summed E-state index contributed by atoms with van der Waals surface area (Å²) in [6, 6.07) is 8.74. The van der Waals surface area contributed by atoms with Gasteiger partial charge in [0, 0.05) is 37.8 Å². The van der Waals surface area contributed by atoms with Gasteiger partial charge in [0.15, 0.2) is 29.0 Å². The van der Waals surface area contributed by atoms with E-state index in [0.717, 1.165) is 12.1 Å². The van der Waals surface area contributed by atoms with Crippen LogP contribution in [-0.2, 0) is 6.54 Å². The second-order valence-corrected chi connectivity index (χ2v) is 7.70. The second-order valence-electron chi connectivity index (χ2n) is 7.70. The molecule has 9 nitrogen and oxygen atoms in total. The van der Waals surface area contributed by atoms with E-state index in [1.807, 2.05) is 13.8 Å². The van der Waals surface area contributed by atoms with Crippen molar-refractivity contribution in [1.29, 1.82) is 0 Å². The summed E-state index contributed by atoms with van der Waals surface area (Å²) in [6.45, 7) is 7.46. The molecule has 11 heteroatoms. The fourth-order valence-corrected chi connectivity index (χ4v) is 3.80. The van der Waals surface area contributed by atoms with E-state index in [1.165, 1.54) is 10.7 Å². The molecule has 0 saturated carbocycles. The maximum absolute atomic E-state index is 13.6. The molecular weight excluding hydrogens is 446 g/mol. The Kier molecular flexibility index (Phi) is 7.31. The van der Waals surface area contributed by atoms with Crippen molar-refractivity contribution in [1.82, 2.24) is 30.0 Å². The molecule has 1 aromatic heterocycles. The van der Waals surface area contributed by atoms with Crippen molar-refractivity contribution in [3.05, 3.63) is 59.4 Å². The van der Waals surface area contributed by atoms with Gasteiger partial charge in [-0.05, 0) is 54.6 Å². The molecule has 0 atom stereocenters. The van der Waals surface area contributed by atoms with E-state index >= 15 is 0 Å². The van der Waals surface area contributed by atoms with Gasteiger partial charge in [0.05, 0.1) is 25.4 Å². The number of halogens is 2. The Morgan fingerprint density at radius 2 is 1.68 bits per heavy atom. The lowest BCUT2D eigenvalue weighted by Gasteiger charge is -2.34. The van der Waals surface area contributed by atoms with E-state index in [-0.39, 0.29) is 5.91 Å². The van der Waals surface area contributed by atoms with Gasteiger partial charge in [0.2, 0.25) is 0 Å². The number of amides is 1. The maximum Gasteiger partial charge on any atom is 0.254 e. The summed E-state index contributed by atoms with van der Waals surface area (Å²) in [5.41, 5.74) is 0.885. The normalized spacial score (nSPS) is 14.3. The number of aromatic nitrogens is 4. The minimum Gasteiger partial charge on any atom is -0.490 e. The number of ether oxygens (including phenoxy) is 2. The number of nitrogens with zero attached hydrogens (tertiary/aromatic N) is 6. The topological polar surface area (TPSA) is 85.6 Å². The van der Waals surface area contributed by atoms with Gasteiger partial charge in [-0.2, -0.15) is 4.68 Å². The molecule has 3 aromatic rings. The fourth-order valence-electron chi connectivity index (χ4n) is 3.80. The molecule has 180 valence electrons. The molecule has 0 spiro atoms. The minimum atomic E-state index is -0.965. The van der Waals surface area contributed by atoms with Gasteiger partial charge in [-0.1, -0.05) is 0 Å². The predicted molar refractivity (Wildman–Crippen MR) is 119 cm³/mol. The molecule has 0 N–H and O–H groups in total. The van der Waals surface area contributed by atoms with Crippen molar-refractivity contribution in [2.45, 2.75) is 20.4 Å². The van der Waals surface area contributed by atoms with Crippen molar-refractivity contribution in [3.63, 3.8) is 0 Å². The monoisotopic (exact) mass is 472 g/mol.